The van der Waals surface area contributed by atoms with Crippen LogP contribution >= 0.6 is 11.3 Å². The molecule has 1 saturated carbocycles. The molecule has 2 aromatic rings. The Morgan fingerprint density at radius 1 is 1.28 bits per heavy atom. The second kappa shape index (κ2) is 6.47. The minimum atomic E-state index is -4.07. The number of sulfonamides is 1. The van der Waals surface area contributed by atoms with Crippen LogP contribution in [0.5, 0.6) is 0 Å². The van der Waals surface area contributed by atoms with Crippen LogP contribution < -0.4 is 4.72 Å². The normalized spacial score (nSPS) is 16.9. The number of thiazole rings is 1. The zero-order chi connectivity index (χ0) is 18.2. The first-order valence-corrected chi connectivity index (χ1v) is 10.3. The summed E-state index contributed by atoms with van der Waals surface area (Å²) < 4.78 is 28.9. The van der Waals surface area contributed by atoms with Crippen LogP contribution in [0.25, 0.3) is 0 Å². The third-order valence-corrected chi connectivity index (χ3v) is 7.36. The van der Waals surface area contributed by atoms with Gasteiger partial charge in [0.15, 0.2) is 4.90 Å². The fraction of sp³-hybridized carbons (Fsp3) is 0.438. The van der Waals surface area contributed by atoms with Gasteiger partial charge in [0.1, 0.15) is 5.01 Å². The number of nitrogens with zero attached hydrogens (tertiary/aromatic N) is 2. The number of aromatic nitrogens is 1. The summed E-state index contributed by atoms with van der Waals surface area (Å²) in [6.07, 6.45) is 3.05. The van der Waals surface area contributed by atoms with Crippen LogP contribution in [0.2, 0.25) is 0 Å². The van der Waals surface area contributed by atoms with Gasteiger partial charge in [-0.25, -0.2) is 13.4 Å². The maximum atomic E-state index is 13.1. The summed E-state index contributed by atoms with van der Waals surface area (Å²) in [7, 11) is -4.07. The minimum Gasteiger partial charge on any atom is -0.258 e. The topological polar surface area (TPSA) is 102 Å². The van der Waals surface area contributed by atoms with Gasteiger partial charge in [-0.1, -0.05) is 25.0 Å². The summed E-state index contributed by atoms with van der Waals surface area (Å²) >= 11 is 1.42. The largest absolute Gasteiger partial charge is 0.289 e. The number of nitro groups is 1. The van der Waals surface area contributed by atoms with E-state index in [-0.39, 0.29) is 4.90 Å². The zero-order valence-corrected chi connectivity index (χ0v) is 15.6. The highest BCUT2D eigenvalue weighted by molar-refractivity contribution is 7.89. The number of hydrogen-bond donors (Lipinski definition) is 1. The SMILES string of the molecule is Cc1csc(C2(NS(=O)(=O)c3c(C)cccc3[N+](=O)[O-])CCCC2)n1. The van der Waals surface area contributed by atoms with Gasteiger partial charge in [0, 0.05) is 17.1 Å². The van der Waals surface area contributed by atoms with Gasteiger partial charge in [-0.3, -0.25) is 10.1 Å². The number of rotatable bonds is 5. The van der Waals surface area contributed by atoms with Gasteiger partial charge < -0.3 is 0 Å². The van der Waals surface area contributed by atoms with Gasteiger partial charge in [0.05, 0.1) is 10.5 Å². The van der Waals surface area contributed by atoms with E-state index in [1.807, 2.05) is 12.3 Å². The molecule has 7 nitrogen and oxygen atoms in total. The molecule has 0 unspecified atom stereocenters. The van der Waals surface area contributed by atoms with Gasteiger partial charge in [0.2, 0.25) is 10.0 Å². The predicted molar refractivity (Wildman–Crippen MR) is 95.2 cm³/mol. The van der Waals surface area contributed by atoms with Crippen molar-refractivity contribution in [3.8, 4) is 0 Å². The van der Waals surface area contributed by atoms with E-state index in [0.29, 0.717) is 18.4 Å². The molecule has 0 saturated heterocycles. The van der Waals surface area contributed by atoms with Gasteiger partial charge in [0.25, 0.3) is 5.69 Å². The van der Waals surface area contributed by atoms with Crippen molar-refractivity contribution in [2.45, 2.75) is 50.0 Å². The monoisotopic (exact) mass is 381 g/mol. The summed E-state index contributed by atoms with van der Waals surface area (Å²) in [5, 5.41) is 13.9. The zero-order valence-electron chi connectivity index (χ0n) is 14.0. The highest BCUT2D eigenvalue weighted by Crippen LogP contribution is 2.42. The van der Waals surface area contributed by atoms with Crippen LogP contribution in [-0.4, -0.2) is 18.3 Å². The van der Waals surface area contributed by atoms with Gasteiger partial charge in [-0.15, -0.1) is 11.3 Å². The number of aryl methyl sites for hydroxylation is 2. The molecule has 0 aliphatic heterocycles. The minimum absolute atomic E-state index is 0.264. The van der Waals surface area contributed by atoms with Crippen molar-refractivity contribution >= 4 is 27.0 Å². The van der Waals surface area contributed by atoms with Crippen molar-refractivity contribution in [1.82, 2.24) is 9.71 Å². The first kappa shape index (κ1) is 18.0. The molecule has 1 heterocycles. The molecule has 0 bridgehead atoms. The van der Waals surface area contributed by atoms with E-state index in [1.54, 1.807) is 13.0 Å². The van der Waals surface area contributed by atoms with Crippen LogP contribution in [0.3, 0.4) is 0 Å². The molecular formula is C16H19N3O4S2. The molecule has 0 amide bonds. The van der Waals surface area contributed by atoms with E-state index in [1.165, 1.54) is 23.5 Å². The van der Waals surface area contributed by atoms with Crippen molar-refractivity contribution in [3.05, 3.63) is 50.0 Å². The molecule has 9 heteroatoms. The maximum Gasteiger partial charge on any atom is 0.289 e. The Kier molecular flexibility index (Phi) is 4.65. The van der Waals surface area contributed by atoms with Crippen molar-refractivity contribution in [1.29, 1.82) is 0 Å². The Morgan fingerprint density at radius 3 is 2.52 bits per heavy atom. The lowest BCUT2D eigenvalue weighted by molar-refractivity contribution is -0.387. The summed E-state index contributed by atoms with van der Waals surface area (Å²) in [5.74, 6) is 0. The first-order valence-electron chi connectivity index (χ1n) is 7.96. The lowest BCUT2D eigenvalue weighted by Crippen LogP contribution is -2.44. The molecule has 0 radical (unpaired) electrons. The van der Waals surface area contributed by atoms with Crippen molar-refractivity contribution in [2.24, 2.45) is 0 Å². The maximum absolute atomic E-state index is 13.1. The summed E-state index contributed by atoms with van der Waals surface area (Å²) in [6, 6.07) is 4.27. The molecule has 1 fully saturated rings. The quantitative estimate of drug-likeness (QED) is 0.631. The third-order valence-electron chi connectivity index (χ3n) is 4.47. The molecule has 0 atom stereocenters. The third kappa shape index (κ3) is 3.31. The fourth-order valence-electron chi connectivity index (χ4n) is 3.35. The molecule has 1 aromatic heterocycles. The summed E-state index contributed by atoms with van der Waals surface area (Å²) in [4.78, 5) is 14.9. The highest BCUT2D eigenvalue weighted by atomic mass is 32.2. The summed E-state index contributed by atoms with van der Waals surface area (Å²) in [6.45, 7) is 3.43. The molecule has 25 heavy (non-hydrogen) atoms. The van der Waals surface area contributed by atoms with Crippen molar-refractivity contribution in [2.75, 3.05) is 0 Å². The Bertz CT molecular complexity index is 915. The van der Waals surface area contributed by atoms with Gasteiger partial charge in [-0.2, -0.15) is 4.72 Å². The smallest absolute Gasteiger partial charge is 0.258 e. The lowest BCUT2D eigenvalue weighted by Gasteiger charge is -2.28. The highest BCUT2D eigenvalue weighted by Gasteiger charge is 2.43. The van der Waals surface area contributed by atoms with Crippen LogP contribution in [0.15, 0.2) is 28.5 Å². The standard InChI is InChI=1S/C16H19N3O4S2/c1-11-6-5-7-13(19(20)21)14(11)25(22,23)18-16(8-3-4-9-16)15-17-12(2)10-24-15/h5-7,10,18H,3-4,8-9H2,1-2H3. The van der Waals surface area contributed by atoms with Gasteiger partial charge >= 0.3 is 0 Å². The van der Waals surface area contributed by atoms with Gasteiger partial charge in [-0.05, 0) is 32.3 Å². The van der Waals surface area contributed by atoms with E-state index in [0.717, 1.165) is 23.5 Å². The molecular weight excluding hydrogens is 362 g/mol. The number of hydrogen-bond acceptors (Lipinski definition) is 6. The van der Waals surface area contributed by atoms with E-state index >= 15 is 0 Å². The number of nitrogens with one attached hydrogen (secondary N) is 1. The van der Waals surface area contributed by atoms with E-state index in [2.05, 4.69) is 9.71 Å². The lowest BCUT2D eigenvalue weighted by atomic mass is 10.0. The first-order chi connectivity index (χ1) is 11.8. The van der Waals surface area contributed by atoms with Crippen LogP contribution in [-0.2, 0) is 15.6 Å². The molecule has 3 rings (SSSR count). The Morgan fingerprint density at radius 2 is 1.96 bits per heavy atom. The molecule has 1 N–H and O–H groups in total. The van der Waals surface area contributed by atoms with Crippen molar-refractivity contribution in [3.63, 3.8) is 0 Å². The second-order valence-corrected chi connectivity index (χ2v) is 8.85. The number of nitro benzene ring substituents is 1. The average molecular weight is 381 g/mol. The Balaban J connectivity index is 2.08. The summed E-state index contributed by atoms with van der Waals surface area (Å²) in [5.41, 5.74) is 0.00181. The van der Waals surface area contributed by atoms with Crippen LogP contribution in [0, 0.1) is 24.0 Å². The van der Waals surface area contributed by atoms with Crippen LogP contribution in [0.4, 0.5) is 5.69 Å². The van der Waals surface area contributed by atoms with Crippen molar-refractivity contribution < 1.29 is 13.3 Å². The predicted octanol–water partition coefficient (Wildman–Crippen LogP) is 3.42. The van der Waals surface area contributed by atoms with E-state index in [9.17, 15) is 18.5 Å². The molecule has 1 aliphatic rings. The molecule has 134 valence electrons. The number of benzene rings is 1. The fourth-order valence-corrected chi connectivity index (χ4v) is 6.25. The van der Waals surface area contributed by atoms with Crippen LogP contribution in [0.1, 0.15) is 41.9 Å². The second-order valence-electron chi connectivity index (χ2n) is 6.37. The van der Waals surface area contributed by atoms with E-state index in [4.69, 9.17) is 0 Å². The average Bonchev–Trinajstić information content (AvgIpc) is 3.16. The Hall–Kier alpha value is -1.84. The molecule has 0 spiro atoms. The molecule has 1 aromatic carbocycles. The Labute approximate surface area is 150 Å². The molecule has 1 aliphatic carbocycles. The van der Waals surface area contributed by atoms with E-state index < -0.39 is 26.2 Å².